The van der Waals surface area contributed by atoms with Crippen LogP contribution in [-0.4, -0.2) is 40.4 Å². The summed E-state index contributed by atoms with van der Waals surface area (Å²) in [5.74, 6) is 1.11. The molecule has 2 aromatic rings. The zero-order valence-electron chi connectivity index (χ0n) is 13.2. The number of carbonyl (C=O) groups excluding carboxylic acids is 1. The molecule has 1 amide bonds. The van der Waals surface area contributed by atoms with Gasteiger partial charge in [0.05, 0.1) is 5.92 Å². The first-order valence-electron chi connectivity index (χ1n) is 8.14. The lowest BCUT2D eigenvalue weighted by atomic mass is 9.97. The minimum Gasteiger partial charge on any atom is -0.339 e. The summed E-state index contributed by atoms with van der Waals surface area (Å²) in [7, 11) is 0. The van der Waals surface area contributed by atoms with Crippen LogP contribution in [0.2, 0.25) is 0 Å². The minimum absolute atomic E-state index is 0.0876. The average molecular weight is 328 g/mol. The second-order valence-electron chi connectivity index (χ2n) is 6.23. The second kappa shape index (κ2) is 5.92. The van der Waals surface area contributed by atoms with Gasteiger partial charge in [0.1, 0.15) is 0 Å². The number of amides is 1. The van der Waals surface area contributed by atoms with Crippen LogP contribution < -0.4 is 4.90 Å². The first-order chi connectivity index (χ1) is 11.2. The fourth-order valence-electron chi connectivity index (χ4n) is 3.19. The van der Waals surface area contributed by atoms with Gasteiger partial charge in [-0.05, 0) is 35.4 Å². The van der Waals surface area contributed by atoms with E-state index < -0.39 is 0 Å². The summed E-state index contributed by atoms with van der Waals surface area (Å²) in [5, 5.41) is 2.13. The molecule has 0 aromatic carbocycles. The van der Waals surface area contributed by atoms with Crippen LogP contribution in [0.3, 0.4) is 0 Å². The Balaban J connectivity index is 1.35. The van der Waals surface area contributed by atoms with E-state index in [-0.39, 0.29) is 11.8 Å². The fraction of sp³-hybridized carbons (Fsp3) is 0.471. The molecular formula is C17H20N4OS. The van der Waals surface area contributed by atoms with Crippen LogP contribution in [0.25, 0.3) is 0 Å². The molecule has 0 N–H and O–H groups in total. The molecule has 23 heavy (non-hydrogen) atoms. The van der Waals surface area contributed by atoms with Crippen molar-refractivity contribution in [1.82, 2.24) is 14.9 Å². The molecule has 1 fully saturated rings. The van der Waals surface area contributed by atoms with Crippen molar-refractivity contribution < 1.29 is 4.79 Å². The third-order valence-electron chi connectivity index (χ3n) is 4.73. The molecule has 6 heteroatoms. The van der Waals surface area contributed by atoms with Gasteiger partial charge in [0.15, 0.2) is 0 Å². The predicted molar refractivity (Wildman–Crippen MR) is 90.6 cm³/mol. The normalized spacial score (nSPS) is 17.8. The molecule has 0 spiro atoms. The Morgan fingerprint density at radius 3 is 2.87 bits per heavy atom. The van der Waals surface area contributed by atoms with E-state index >= 15 is 0 Å². The van der Waals surface area contributed by atoms with Gasteiger partial charge in [-0.25, -0.2) is 9.97 Å². The van der Waals surface area contributed by atoms with E-state index in [9.17, 15) is 4.79 Å². The number of anilines is 1. The Hall–Kier alpha value is -1.95. The maximum absolute atomic E-state index is 12.7. The number of rotatable bonds is 3. The molecule has 0 bridgehead atoms. The van der Waals surface area contributed by atoms with E-state index in [0.717, 1.165) is 50.5 Å². The third-order valence-corrected chi connectivity index (χ3v) is 5.76. The molecule has 2 aliphatic heterocycles. The number of thiophene rings is 1. The van der Waals surface area contributed by atoms with Crippen molar-refractivity contribution in [3.05, 3.63) is 39.8 Å². The summed E-state index contributed by atoms with van der Waals surface area (Å²) in [6.07, 6.45) is 5.69. The monoisotopic (exact) mass is 328 g/mol. The Bertz CT molecular complexity index is 706. The molecule has 120 valence electrons. The summed E-state index contributed by atoms with van der Waals surface area (Å²) in [6.45, 7) is 5.18. The van der Waals surface area contributed by atoms with Crippen LogP contribution in [0.15, 0.2) is 23.8 Å². The Morgan fingerprint density at radius 2 is 2.13 bits per heavy atom. The number of aromatic nitrogens is 2. The number of nitrogens with zero attached hydrogens (tertiary/aromatic N) is 4. The molecular weight excluding hydrogens is 308 g/mol. The zero-order valence-corrected chi connectivity index (χ0v) is 14.1. The van der Waals surface area contributed by atoms with Crippen LogP contribution in [0.5, 0.6) is 0 Å². The van der Waals surface area contributed by atoms with E-state index in [0.29, 0.717) is 0 Å². The van der Waals surface area contributed by atoms with Crippen LogP contribution in [0, 0.1) is 5.92 Å². The van der Waals surface area contributed by atoms with Crippen molar-refractivity contribution in [3.8, 4) is 0 Å². The molecule has 4 heterocycles. The van der Waals surface area contributed by atoms with Crippen molar-refractivity contribution >= 4 is 23.2 Å². The lowest BCUT2D eigenvalue weighted by molar-refractivity contribution is -0.137. The maximum Gasteiger partial charge on any atom is 0.229 e. The number of aryl methyl sites for hydroxylation is 1. The van der Waals surface area contributed by atoms with Crippen LogP contribution in [-0.2, 0) is 24.2 Å². The highest BCUT2D eigenvalue weighted by molar-refractivity contribution is 7.10. The largest absolute Gasteiger partial charge is 0.339 e. The molecule has 1 saturated heterocycles. The molecule has 2 aromatic heterocycles. The van der Waals surface area contributed by atoms with E-state index in [1.54, 1.807) is 11.3 Å². The SMILES string of the molecule is CCc1cnc(N2CC(C(=O)N3CCc4sccc4C3)C2)nc1. The van der Waals surface area contributed by atoms with Crippen molar-refractivity contribution in [2.75, 3.05) is 24.5 Å². The van der Waals surface area contributed by atoms with Gasteiger partial charge in [-0.3, -0.25) is 4.79 Å². The molecule has 5 nitrogen and oxygen atoms in total. The zero-order chi connectivity index (χ0) is 15.8. The van der Waals surface area contributed by atoms with Crippen molar-refractivity contribution in [2.24, 2.45) is 5.92 Å². The van der Waals surface area contributed by atoms with Gasteiger partial charge in [-0.2, -0.15) is 0 Å². The Morgan fingerprint density at radius 1 is 1.35 bits per heavy atom. The second-order valence-corrected chi connectivity index (χ2v) is 7.23. The van der Waals surface area contributed by atoms with E-state index in [1.807, 2.05) is 17.3 Å². The number of hydrogen-bond acceptors (Lipinski definition) is 5. The summed E-state index contributed by atoms with van der Waals surface area (Å²) in [4.78, 5) is 27.0. The average Bonchev–Trinajstić information content (AvgIpc) is 3.01. The van der Waals surface area contributed by atoms with Gasteiger partial charge in [0, 0.05) is 43.4 Å². The first-order valence-corrected chi connectivity index (χ1v) is 9.02. The number of carbonyl (C=O) groups is 1. The molecule has 4 rings (SSSR count). The van der Waals surface area contributed by atoms with Gasteiger partial charge in [-0.15, -0.1) is 11.3 Å². The highest BCUT2D eigenvalue weighted by Crippen LogP contribution is 2.28. The summed E-state index contributed by atoms with van der Waals surface area (Å²) in [6, 6.07) is 2.15. The van der Waals surface area contributed by atoms with Crippen LogP contribution >= 0.6 is 11.3 Å². The third kappa shape index (κ3) is 2.72. The highest BCUT2D eigenvalue weighted by atomic mass is 32.1. The summed E-state index contributed by atoms with van der Waals surface area (Å²) in [5.41, 5.74) is 2.46. The predicted octanol–water partition coefficient (Wildman–Crippen LogP) is 2.12. The molecule has 0 unspecified atom stereocenters. The molecule has 0 aliphatic carbocycles. The van der Waals surface area contributed by atoms with Crippen molar-refractivity contribution in [2.45, 2.75) is 26.3 Å². The van der Waals surface area contributed by atoms with Gasteiger partial charge in [-0.1, -0.05) is 6.92 Å². The smallest absolute Gasteiger partial charge is 0.229 e. The molecule has 0 radical (unpaired) electrons. The van der Waals surface area contributed by atoms with E-state index in [2.05, 4.69) is 33.2 Å². The topological polar surface area (TPSA) is 49.3 Å². The van der Waals surface area contributed by atoms with E-state index in [1.165, 1.54) is 10.4 Å². The first kappa shape index (κ1) is 14.6. The standard InChI is InChI=1S/C17H20N4OS/c1-2-12-7-18-17(19-8-12)21-10-14(11-21)16(22)20-5-3-15-13(9-20)4-6-23-15/h4,6-8,14H,2-3,5,9-11H2,1H3. The lowest BCUT2D eigenvalue weighted by Gasteiger charge is -2.41. The quantitative estimate of drug-likeness (QED) is 0.866. The Kier molecular flexibility index (Phi) is 3.77. The fourth-order valence-corrected chi connectivity index (χ4v) is 4.08. The molecule has 0 atom stereocenters. The van der Waals surface area contributed by atoms with E-state index in [4.69, 9.17) is 0 Å². The lowest BCUT2D eigenvalue weighted by Crippen LogP contribution is -2.55. The number of hydrogen-bond donors (Lipinski definition) is 0. The molecule has 2 aliphatic rings. The maximum atomic E-state index is 12.7. The van der Waals surface area contributed by atoms with Crippen LogP contribution in [0.1, 0.15) is 22.9 Å². The van der Waals surface area contributed by atoms with Gasteiger partial charge in [0.25, 0.3) is 0 Å². The van der Waals surface area contributed by atoms with Crippen LogP contribution in [0.4, 0.5) is 5.95 Å². The van der Waals surface area contributed by atoms with Gasteiger partial charge < -0.3 is 9.80 Å². The summed E-state index contributed by atoms with van der Waals surface area (Å²) < 4.78 is 0. The Labute approximate surface area is 140 Å². The summed E-state index contributed by atoms with van der Waals surface area (Å²) >= 11 is 1.81. The van der Waals surface area contributed by atoms with Crippen molar-refractivity contribution in [1.29, 1.82) is 0 Å². The van der Waals surface area contributed by atoms with Gasteiger partial charge in [0.2, 0.25) is 11.9 Å². The van der Waals surface area contributed by atoms with Crippen molar-refractivity contribution in [3.63, 3.8) is 0 Å². The molecule has 0 saturated carbocycles. The van der Waals surface area contributed by atoms with Gasteiger partial charge >= 0.3 is 0 Å². The minimum atomic E-state index is 0.0876. The number of fused-ring (bicyclic) bond motifs is 1. The highest BCUT2D eigenvalue weighted by Gasteiger charge is 2.37.